The van der Waals surface area contributed by atoms with E-state index in [0.717, 1.165) is 23.1 Å². The fourth-order valence-electron chi connectivity index (χ4n) is 2.34. The number of hydrogen-bond acceptors (Lipinski definition) is 4. The standard InChI is InChI=1S/C21H21ClN2O2.C2H6/c1-5-6-16(8-10-17-9-7-14(2)13-23-17)11-18-15(3)24-20(12-19(18)22)21(25)26-4;1-2/h6-7,9,11-13,15H,5H2,1-4H3;1-2H3/b16-6-,18-11+;. The highest BCUT2D eigenvalue weighted by atomic mass is 35.5. The number of methoxy groups -OCH3 is 1. The van der Waals surface area contributed by atoms with Crippen LogP contribution in [0.3, 0.4) is 0 Å². The van der Waals surface area contributed by atoms with E-state index < -0.39 is 5.97 Å². The van der Waals surface area contributed by atoms with Crippen LogP contribution >= 0.6 is 11.6 Å². The van der Waals surface area contributed by atoms with E-state index in [1.54, 1.807) is 6.20 Å². The van der Waals surface area contributed by atoms with Gasteiger partial charge >= 0.3 is 5.97 Å². The third-order valence-electron chi connectivity index (χ3n) is 3.70. The molecule has 2 rings (SSSR count). The SMILES string of the molecule is CC.CC/C=C(C#Cc1ccc(C)cn1)\C=C1\C(Cl)=CC(C(=O)OC)=NC1C. The van der Waals surface area contributed by atoms with Crippen LogP contribution in [0.4, 0.5) is 0 Å². The normalized spacial score (nSPS) is 17.5. The molecule has 1 aromatic heterocycles. The molecule has 1 atom stereocenters. The predicted octanol–water partition coefficient (Wildman–Crippen LogP) is 5.17. The molecule has 0 fully saturated rings. The van der Waals surface area contributed by atoms with Crippen LogP contribution in [0.15, 0.2) is 57.7 Å². The summed E-state index contributed by atoms with van der Waals surface area (Å²) in [6.45, 7) is 9.90. The summed E-state index contributed by atoms with van der Waals surface area (Å²) in [5, 5.41) is 0.463. The van der Waals surface area contributed by atoms with E-state index in [0.29, 0.717) is 10.7 Å². The summed E-state index contributed by atoms with van der Waals surface area (Å²) in [7, 11) is 1.32. The van der Waals surface area contributed by atoms with E-state index in [1.165, 1.54) is 13.2 Å². The molecule has 1 aromatic rings. The van der Waals surface area contributed by atoms with Crippen LogP contribution in [0.25, 0.3) is 0 Å². The average molecular weight is 399 g/mol. The maximum atomic E-state index is 11.7. The molecule has 0 amide bonds. The number of aromatic nitrogens is 1. The Hall–Kier alpha value is -2.64. The first-order chi connectivity index (χ1) is 13.4. The molecule has 148 valence electrons. The minimum Gasteiger partial charge on any atom is -0.464 e. The van der Waals surface area contributed by atoms with Crippen molar-refractivity contribution < 1.29 is 9.53 Å². The summed E-state index contributed by atoms with van der Waals surface area (Å²) in [6, 6.07) is 3.60. The van der Waals surface area contributed by atoms with Gasteiger partial charge in [-0.2, -0.15) is 0 Å². The van der Waals surface area contributed by atoms with Crippen LogP contribution in [0, 0.1) is 18.8 Å². The molecular formula is C23H27ClN2O2. The number of carbonyl (C=O) groups is 1. The number of ether oxygens (including phenoxy) is 1. The van der Waals surface area contributed by atoms with Crippen molar-refractivity contribution in [2.45, 2.75) is 47.1 Å². The molecule has 1 aliphatic rings. The van der Waals surface area contributed by atoms with Crippen molar-refractivity contribution >= 4 is 23.3 Å². The van der Waals surface area contributed by atoms with Gasteiger partial charge in [0.2, 0.25) is 0 Å². The topological polar surface area (TPSA) is 51.5 Å². The molecule has 0 bridgehead atoms. The maximum Gasteiger partial charge on any atom is 0.356 e. The molecule has 0 saturated carbocycles. The second-order valence-corrected chi connectivity index (χ2v) is 6.22. The monoisotopic (exact) mass is 398 g/mol. The fourth-order valence-corrected chi connectivity index (χ4v) is 2.65. The van der Waals surface area contributed by atoms with Gasteiger partial charge in [-0.3, -0.25) is 4.99 Å². The number of pyridine rings is 1. The Bertz CT molecular complexity index is 866. The van der Waals surface area contributed by atoms with Gasteiger partial charge in [0.05, 0.1) is 13.2 Å². The van der Waals surface area contributed by atoms with Gasteiger partial charge in [-0.05, 0) is 55.5 Å². The van der Waals surface area contributed by atoms with Crippen molar-refractivity contribution in [3.05, 3.63) is 64.0 Å². The molecular weight excluding hydrogens is 372 g/mol. The molecule has 0 radical (unpaired) electrons. The molecule has 0 saturated heterocycles. The summed E-state index contributed by atoms with van der Waals surface area (Å²) in [5.74, 6) is 5.71. The van der Waals surface area contributed by atoms with Gasteiger partial charge in [0, 0.05) is 16.8 Å². The Balaban J connectivity index is 0.00000190. The van der Waals surface area contributed by atoms with Crippen molar-refractivity contribution in [1.29, 1.82) is 0 Å². The first-order valence-electron chi connectivity index (χ1n) is 9.34. The Labute approximate surface area is 173 Å². The molecule has 1 aliphatic heterocycles. The lowest BCUT2D eigenvalue weighted by Crippen LogP contribution is -2.21. The summed E-state index contributed by atoms with van der Waals surface area (Å²) in [4.78, 5) is 20.3. The van der Waals surface area contributed by atoms with Crippen molar-refractivity contribution in [3.8, 4) is 11.8 Å². The van der Waals surface area contributed by atoms with Crippen LogP contribution in [0.1, 0.15) is 45.4 Å². The van der Waals surface area contributed by atoms with Crippen molar-refractivity contribution in [1.82, 2.24) is 4.98 Å². The van der Waals surface area contributed by atoms with Crippen LogP contribution in [-0.2, 0) is 9.53 Å². The van der Waals surface area contributed by atoms with E-state index in [2.05, 4.69) is 21.8 Å². The Kier molecular flexibility index (Phi) is 9.98. The molecule has 28 heavy (non-hydrogen) atoms. The molecule has 0 N–H and O–H groups in total. The lowest BCUT2D eigenvalue weighted by Gasteiger charge is -2.17. The quantitative estimate of drug-likeness (QED) is 0.521. The van der Waals surface area contributed by atoms with Gasteiger partial charge in [0.15, 0.2) is 0 Å². The molecule has 5 heteroatoms. The number of allylic oxidation sites excluding steroid dienone is 3. The third-order valence-corrected chi connectivity index (χ3v) is 4.03. The van der Waals surface area contributed by atoms with Crippen LogP contribution in [-0.4, -0.2) is 29.8 Å². The highest BCUT2D eigenvalue weighted by Crippen LogP contribution is 2.26. The molecule has 0 aliphatic carbocycles. The first-order valence-corrected chi connectivity index (χ1v) is 9.72. The number of aryl methyl sites for hydroxylation is 1. The Morgan fingerprint density at radius 3 is 2.61 bits per heavy atom. The van der Waals surface area contributed by atoms with E-state index in [1.807, 2.05) is 58.9 Å². The summed E-state index contributed by atoms with van der Waals surface area (Å²) < 4.78 is 4.70. The second kappa shape index (κ2) is 11.9. The van der Waals surface area contributed by atoms with Crippen LogP contribution in [0.5, 0.6) is 0 Å². The summed E-state index contributed by atoms with van der Waals surface area (Å²) in [5.41, 5.74) is 3.66. The Morgan fingerprint density at radius 2 is 2.07 bits per heavy atom. The first kappa shape index (κ1) is 23.4. The third kappa shape index (κ3) is 6.83. The zero-order chi connectivity index (χ0) is 21.1. The number of nitrogens with zero attached hydrogens (tertiary/aromatic N) is 2. The van der Waals surface area contributed by atoms with Gasteiger partial charge in [-0.15, -0.1) is 0 Å². The minimum atomic E-state index is -0.497. The van der Waals surface area contributed by atoms with Crippen molar-refractivity contribution in [3.63, 3.8) is 0 Å². The number of esters is 1. The van der Waals surface area contributed by atoms with Crippen molar-refractivity contribution in [2.75, 3.05) is 7.11 Å². The maximum absolute atomic E-state index is 11.7. The van der Waals surface area contributed by atoms with E-state index in [9.17, 15) is 4.79 Å². The molecule has 1 unspecified atom stereocenters. The number of dihydropyridines is 1. The number of halogens is 1. The predicted molar refractivity (Wildman–Crippen MR) is 117 cm³/mol. The fraction of sp³-hybridized carbons (Fsp3) is 0.348. The van der Waals surface area contributed by atoms with E-state index >= 15 is 0 Å². The number of carbonyl (C=O) groups excluding carboxylic acids is 1. The van der Waals surface area contributed by atoms with Gasteiger partial charge in [-0.25, -0.2) is 9.78 Å². The van der Waals surface area contributed by atoms with Crippen LogP contribution < -0.4 is 0 Å². The van der Waals surface area contributed by atoms with Gasteiger partial charge < -0.3 is 4.74 Å². The Morgan fingerprint density at radius 1 is 1.36 bits per heavy atom. The second-order valence-electron chi connectivity index (χ2n) is 5.81. The van der Waals surface area contributed by atoms with E-state index in [-0.39, 0.29) is 11.8 Å². The van der Waals surface area contributed by atoms with E-state index in [4.69, 9.17) is 16.3 Å². The molecule has 2 heterocycles. The molecule has 0 spiro atoms. The number of rotatable bonds is 3. The van der Waals surface area contributed by atoms with Crippen LogP contribution in [0.2, 0.25) is 0 Å². The highest BCUT2D eigenvalue weighted by molar-refractivity contribution is 6.45. The van der Waals surface area contributed by atoms with Gasteiger partial charge in [-0.1, -0.05) is 50.4 Å². The average Bonchev–Trinajstić information content (AvgIpc) is 2.70. The minimum absolute atomic E-state index is 0.220. The van der Waals surface area contributed by atoms with Gasteiger partial charge in [0.1, 0.15) is 11.4 Å². The smallest absolute Gasteiger partial charge is 0.356 e. The van der Waals surface area contributed by atoms with Crippen molar-refractivity contribution in [2.24, 2.45) is 4.99 Å². The summed E-state index contributed by atoms with van der Waals surface area (Å²) >= 11 is 6.37. The lowest BCUT2D eigenvalue weighted by atomic mass is 10.0. The number of aliphatic imine (C=N–C) groups is 1. The van der Waals surface area contributed by atoms with Gasteiger partial charge in [0.25, 0.3) is 0 Å². The zero-order valence-corrected chi connectivity index (χ0v) is 18.1. The highest BCUT2D eigenvalue weighted by Gasteiger charge is 2.22. The largest absolute Gasteiger partial charge is 0.464 e. The summed E-state index contributed by atoms with van der Waals surface area (Å²) in [6.07, 6.45) is 8.08. The number of hydrogen-bond donors (Lipinski definition) is 0. The molecule has 0 aromatic carbocycles. The lowest BCUT2D eigenvalue weighted by molar-refractivity contribution is -0.132. The zero-order valence-electron chi connectivity index (χ0n) is 17.3. The molecule has 4 nitrogen and oxygen atoms in total.